The number of anilines is 1. The Bertz CT molecular complexity index is 596. The van der Waals surface area contributed by atoms with E-state index in [0.29, 0.717) is 0 Å². The zero-order chi connectivity index (χ0) is 11.9. The van der Waals surface area contributed by atoms with Crippen molar-refractivity contribution in [3.05, 3.63) is 22.2 Å². The van der Waals surface area contributed by atoms with Crippen molar-refractivity contribution in [1.82, 2.24) is 19.9 Å². The van der Waals surface area contributed by atoms with E-state index in [4.69, 9.17) is 5.73 Å². The highest BCUT2D eigenvalue weighted by molar-refractivity contribution is 5.69. The standard InChI is InChI=1S/C10H13N5O/c1-10(2,3)5-4-12-7-6(13-5)8(16)15-9(11)14-7/h4H,1-3H3,(H3,11,12,14,15,16). The molecule has 0 spiro atoms. The molecule has 84 valence electrons. The Hall–Kier alpha value is -1.98. The Morgan fingerprint density at radius 2 is 2.00 bits per heavy atom. The van der Waals surface area contributed by atoms with Crippen molar-refractivity contribution in [2.75, 3.05) is 5.73 Å². The summed E-state index contributed by atoms with van der Waals surface area (Å²) in [6.07, 6.45) is 1.62. The third kappa shape index (κ3) is 1.73. The smallest absolute Gasteiger partial charge is 0.280 e. The molecule has 3 N–H and O–H groups in total. The van der Waals surface area contributed by atoms with E-state index < -0.39 is 0 Å². The fourth-order valence-electron chi connectivity index (χ4n) is 1.30. The molecule has 16 heavy (non-hydrogen) atoms. The molecule has 0 aromatic carbocycles. The van der Waals surface area contributed by atoms with Gasteiger partial charge in [0.05, 0.1) is 11.9 Å². The van der Waals surface area contributed by atoms with Crippen LogP contribution in [0.25, 0.3) is 11.2 Å². The van der Waals surface area contributed by atoms with Crippen molar-refractivity contribution in [3.63, 3.8) is 0 Å². The quantitative estimate of drug-likeness (QED) is 0.675. The van der Waals surface area contributed by atoms with Gasteiger partial charge in [-0.1, -0.05) is 20.8 Å². The summed E-state index contributed by atoms with van der Waals surface area (Å²) in [6.45, 7) is 6.01. The van der Waals surface area contributed by atoms with E-state index in [2.05, 4.69) is 19.9 Å². The molecule has 0 saturated carbocycles. The third-order valence-electron chi connectivity index (χ3n) is 2.20. The summed E-state index contributed by atoms with van der Waals surface area (Å²) in [5.41, 5.74) is 6.14. The molecule has 2 aromatic rings. The van der Waals surface area contributed by atoms with E-state index in [9.17, 15) is 4.79 Å². The van der Waals surface area contributed by atoms with E-state index >= 15 is 0 Å². The number of nitrogens with zero attached hydrogens (tertiary/aromatic N) is 3. The van der Waals surface area contributed by atoms with E-state index in [1.165, 1.54) is 0 Å². The minimum Gasteiger partial charge on any atom is -0.369 e. The summed E-state index contributed by atoms with van der Waals surface area (Å²) < 4.78 is 0. The Morgan fingerprint density at radius 1 is 1.31 bits per heavy atom. The van der Waals surface area contributed by atoms with Crippen molar-refractivity contribution in [2.45, 2.75) is 26.2 Å². The first-order valence-corrected chi connectivity index (χ1v) is 4.91. The van der Waals surface area contributed by atoms with Crippen LogP contribution in [0.15, 0.2) is 11.0 Å². The number of aromatic amines is 1. The fraction of sp³-hybridized carbons (Fsp3) is 0.400. The molecule has 0 aliphatic heterocycles. The van der Waals surface area contributed by atoms with Gasteiger partial charge in [-0.15, -0.1) is 0 Å². The van der Waals surface area contributed by atoms with Crippen LogP contribution in [0.5, 0.6) is 0 Å². The molecule has 0 saturated heterocycles. The number of nitrogens with two attached hydrogens (primary N) is 1. The molecule has 2 heterocycles. The lowest BCUT2D eigenvalue weighted by molar-refractivity contribution is 0.568. The first-order valence-electron chi connectivity index (χ1n) is 4.91. The number of nitrogen functional groups attached to an aromatic ring is 1. The van der Waals surface area contributed by atoms with E-state index in [1.807, 2.05) is 20.8 Å². The predicted octanol–water partition coefficient (Wildman–Crippen LogP) is 0.593. The normalized spacial score (nSPS) is 11.9. The lowest BCUT2D eigenvalue weighted by atomic mass is 9.93. The number of aromatic nitrogens is 4. The van der Waals surface area contributed by atoms with Crippen LogP contribution in [0.2, 0.25) is 0 Å². The molecule has 0 aliphatic rings. The van der Waals surface area contributed by atoms with Gasteiger partial charge in [0.2, 0.25) is 5.95 Å². The molecule has 6 nitrogen and oxygen atoms in total. The maximum atomic E-state index is 11.6. The minimum absolute atomic E-state index is 0.0512. The molecular formula is C10H13N5O. The maximum Gasteiger partial charge on any atom is 0.280 e. The molecule has 0 fully saturated rings. The highest BCUT2D eigenvalue weighted by Gasteiger charge is 2.17. The summed E-state index contributed by atoms with van der Waals surface area (Å²) in [4.78, 5) is 26.3. The van der Waals surface area contributed by atoms with Gasteiger partial charge in [-0.25, -0.2) is 9.97 Å². The Kier molecular flexibility index (Phi) is 2.15. The van der Waals surface area contributed by atoms with Crippen LogP contribution in [-0.4, -0.2) is 19.9 Å². The first-order chi connectivity index (χ1) is 7.38. The summed E-state index contributed by atoms with van der Waals surface area (Å²) in [5, 5.41) is 0. The number of hydrogen-bond acceptors (Lipinski definition) is 5. The van der Waals surface area contributed by atoms with E-state index in [0.717, 1.165) is 5.69 Å². The van der Waals surface area contributed by atoms with Crippen molar-refractivity contribution >= 4 is 17.1 Å². The van der Waals surface area contributed by atoms with Gasteiger partial charge in [-0.2, -0.15) is 4.98 Å². The lowest BCUT2D eigenvalue weighted by Crippen LogP contribution is -2.18. The minimum atomic E-state index is -0.360. The zero-order valence-electron chi connectivity index (χ0n) is 9.40. The monoisotopic (exact) mass is 219 g/mol. The van der Waals surface area contributed by atoms with Gasteiger partial charge in [0.25, 0.3) is 5.56 Å². The largest absolute Gasteiger partial charge is 0.369 e. The van der Waals surface area contributed by atoms with Gasteiger partial charge in [0, 0.05) is 5.41 Å². The molecule has 6 heteroatoms. The Balaban J connectivity index is 2.77. The Labute approximate surface area is 92.0 Å². The lowest BCUT2D eigenvalue weighted by Gasteiger charge is -2.16. The van der Waals surface area contributed by atoms with Crippen molar-refractivity contribution in [2.24, 2.45) is 0 Å². The Morgan fingerprint density at radius 3 is 2.62 bits per heavy atom. The predicted molar refractivity (Wildman–Crippen MR) is 61.1 cm³/mol. The van der Waals surface area contributed by atoms with Gasteiger partial charge in [0.1, 0.15) is 0 Å². The van der Waals surface area contributed by atoms with Crippen LogP contribution in [0.4, 0.5) is 5.95 Å². The van der Waals surface area contributed by atoms with Crippen molar-refractivity contribution in [3.8, 4) is 0 Å². The second-order valence-corrected chi connectivity index (χ2v) is 4.63. The zero-order valence-corrected chi connectivity index (χ0v) is 9.40. The molecule has 2 aromatic heterocycles. The van der Waals surface area contributed by atoms with Gasteiger partial charge in [0.15, 0.2) is 11.2 Å². The highest BCUT2D eigenvalue weighted by atomic mass is 16.1. The molecule has 0 amide bonds. The molecule has 0 unspecified atom stereocenters. The van der Waals surface area contributed by atoms with Gasteiger partial charge < -0.3 is 5.73 Å². The third-order valence-corrected chi connectivity index (χ3v) is 2.20. The number of hydrogen-bond donors (Lipinski definition) is 2. The molecular weight excluding hydrogens is 206 g/mol. The van der Waals surface area contributed by atoms with Crippen LogP contribution >= 0.6 is 0 Å². The second-order valence-electron chi connectivity index (χ2n) is 4.63. The number of nitrogens with one attached hydrogen (secondary N) is 1. The summed E-state index contributed by atoms with van der Waals surface area (Å²) in [6, 6.07) is 0. The average molecular weight is 219 g/mol. The van der Waals surface area contributed by atoms with Crippen molar-refractivity contribution in [1.29, 1.82) is 0 Å². The van der Waals surface area contributed by atoms with Crippen LogP contribution in [0.3, 0.4) is 0 Å². The fourth-order valence-corrected chi connectivity index (χ4v) is 1.30. The van der Waals surface area contributed by atoms with Gasteiger partial charge in [-0.05, 0) is 0 Å². The molecule has 0 bridgehead atoms. The number of H-pyrrole nitrogens is 1. The van der Waals surface area contributed by atoms with Crippen LogP contribution in [0.1, 0.15) is 26.5 Å². The van der Waals surface area contributed by atoms with Crippen LogP contribution in [-0.2, 0) is 5.41 Å². The summed E-state index contributed by atoms with van der Waals surface area (Å²) in [7, 11) is 0. The highest BCUT2D eigenvalue weighted by Crippen LogP contribution is 2.19. The number of rotatable bonds is 0. The van der Waals surface area contributed by atoms with E-state index in [-0.39, 0.29) is 28.1 Å². The average Bonchev–Trinajstić information content (AvgIpc) is 2.15. The van der Waals surface area contributed by atoms with Crippen LogP contribution in [0, 0.1) is 0 Å². The topological polar surface area (TPSA) is 97.5 Å². The number of fused-ring (bicyclic) bond motifs is 1. The van der Waals surface area contributed by atoms with Crippen LogP contribution < -0.4 is 11.3 Å². The second kappa shape index (κ2) is 3.26. The summed E-state index contributed by atoms with van der Waals surface area (Å²) >= 11 is 0. The first kappa shape index (κ1) is 10.5. The van der Waals surface area contributed by atoms with E-state index in [1.54, 1.807) is 6.20 Å². The SMILES string of the molecule is CC(C)(C)c1cnc2nc(N)[nH]c(=O)c2n1. The molecule has 0 atom stereocenters. The van der Waals surface area contributed by atoms with Gasteiger partial charge >= 0.3 is 0 Å². The maximum absolute atomic E-state index is 11.6. The van der Waals surface area contributed by atoms with Crippen molar-refractivity contribution < 1.29 is 0 Å². The molecule has 2 rings (SSSR count). The van der Waals surface area contributed by atoms with Gasteiger partial charge in [-0.3, -0.25) is 9.78 Å². The summed E-state index contributed by atoms with van der Waals surface area (Å²) in [5.74, 6) is 0.0512. The molecule has 0 radical (unpaired) electrons. The molecule has 0 aliphatic carbocycles.